The van der Waals surface area contributed by atoms with E-state index < -0.39 is 17.9 Å². The van der Waals surface area contributed by atoms with Crippen molar-refractivity contribution in [1.29, 1.82) is 0 Å². The Bertz CT molecular complexity index is 266. The topological polar surface area (TPSA) is 93.1 Å². The van der Waals surface area contributed by atoms with Gasteiger partial charge in [0.1, 0.15) is 0 Å². The SMILES string of the molecule is CCCCCCCCCCC(CC(=O)OO)C(=O)OO. The minimum Gasteiger partial charge on any atom is -0.301 e. The van der Waals surface area contributed by atoms with Crippen molar-refractivity contribution in [2.24, 2.45) is 5.92 Å². The zero-order valence-corrected chi connectivity index (χ0v) is 12.2. The van der Waals surface area contributed by atoms with Gasteiger partial charge < -0.3 is 9.78 Å². The molecule has 2 N–H and O–H groups in total. The molecule has 0 aromatic carbocycles. The highest BCUT2D eigenvalue weighted by atomic mass is 17.1. The Kier molecular flexibility index (Phi) is 12.1. The first kappa shape index (κ1) is 18.9. The first-order valence-electron chi connectivity index (χ1n) is 7.35. The van der Waals surface area contributed by atoms with Crippen LogP contribution in [-0.2, 0) is 19.4 Å². The molecule has 1 unspecified atom stereocenters. The molecule has 0 aliphatic heterocycles. The largest absolute Gasteiger partial charge is 0.345 e. The zero-order valence-electron chi connectivity index (χ0n) is 12.2. The Morgan fingerprint density at radius 3 is 1.95 bits per heavy atom. The first-order chi connectivity index (χ1) is 9.65. The van der Waals surface area contributed by atoms with Gasteiger partial charge in [-0.2, -0.15) is 10.5 Å². The van der Waals surface area contributed by atoms with Crippen molar-refractivity contribution >= 4 is 11.9 Å². The van der Waals surface area contributed by atoms with Gasteiger partial charge in [-0.1, -0.05) is 58.3 Å². The lowest BCUT2D eigenvalue weighted by Gasteiger charge is -2.11. The van der Waals surface area contributed by atoms with Crippen molar-refractivity contribution in [3.8, 4) is 0 Å². The van der Waals surface area contributed by atoms with Crippen molar-refractivity contribution in [3.05, 3.63) is 0 Å². The Morgan fingerprint density at radius 1 is 0.900 bits per heavy atom. The highest BCUT2D eigenvalue weighted by Crippen LogP contribution is 2.17. The fraction of sp³-hybridized carbons (Fsp3) is 0.857. The fourth-order valence-corrected chi connectivity index (χ4v) is 2.14. The van der Waals surface area contributed by atoms with Crippen molar-refractivity contribution in [1.82, 2.24) is 0 Å². The Balaban J connectivity index is 3.74. The van der Waals surface area contributed by atoms with Crippen LogP contribution in [0, 0.1) is 5.92 Å². The second kappa shape index (κ2) is 12.9. The van der Waals surface area contributed by atoms with Gasteiger partial charge in [0, 0.05) is 0 Å². The molecular weight excluding hydrogens is 264 g/mol. The van der Waals surface area contributed by atoms with Gasteiger partial charge in [0.2, 0.25) is 0 Å². The highest BCUT2D eigenvalue weighted by Gasteiger charge is 2.24. The summed E-state index contributed by atoms with van der Waals surface area (Å²) in [6.45, 7) is 2.18. The number of hydrogen-bond acceptors (Lipinski definition) is 6. The molecule has 118 valence electrons. The van der Waals surface area contributed by atoms with Gasteiger partial charge in [-0.25, -0.2) is 9.59 Å². The van der Waals surface area contributed by atoms with E-state index in [1.165, 1.54) is 32.1 Å². The third-order valence-electron chi connectivity index (χ3n) is 3.34. The summed E-state index contributed by atoms with van der Waals surface area (Å²) in [6.07, 6.45) is 9.14. The molecule has 0 heterocycles. The quantitative estimate of drug-likeness (QED) is 0.324. The van der Waals surface area contributed by atoms with Crippen LogP contribution in [0.1, 0.15) is 71.1 Å². The van der Waals surface area contributed by atoms with Crippen molar-refractivity contribution < 1.29 is 29.9 Å². The van der Waals surface area contributed by atoms with Gasteiger partial charge in [0.25, 0.3) is 0 Å². The van der Waals surface area contributed by atoms with Gasteiger partial charge in [-0.05, 0) is 6.42 Å². The summed E-state index contributed by atoms with van der Waals surface area (Å²) >= 11 is 0. The summed E-state index contributed by atoms with van der Waals surface area (Å²) in [6, 6.07) is 0. The average molecular weight is 290 g/mol. The maximum Gasteiger partial charge on any atom is 0.345 e. The van der Waals surface area contributed by atoms with Crippen molar-refractivity contribution in [2.45, 2.75) is 71.1 Å². The van der Waals surface area contributed by atoms with Crippen LogP contribution < -0.4 is 0 Å². The van der Waals surface area contributed by atoms with E-state index in [4.69, 9.17) is 10.5 Å². The molecule has 0 radical (unpaired) electrons. The van der Waals surface area contributed by atoms with E-state index >= 15 is 0 Å². The first-order valence-corrected chi connectivity index (χ1v) is 7.35. The van der Waals surface area contributed by atoms with Crippen LogP contribution in [-0.4, -0.2) is 22.5 Å². The summed E-state index contributed by atoms with van der Waals surface area (Å²) in [5, 5.41) is 16.5. The van der Waals surface area contributed by atoms with E-state index in [0.717, 1.165) is 19.3 Å². The van der Waals surface area contributed by atoms with Crippen LogP contribution in [0.5, 0.6) is 0 Å². The molecule has 0 saturated carbocycles. The predicted molar refractivity (Wildman–Crippen MR) is 72.8 cm³/mol. The summed E-state index contributed by atoms with van der Waals surface area (Å²) in [7, 11) is 0. The van der Waals surface area contributed by atoms with Gasteiger partial charge in [0.15, 0.2) is 0 Å². The highest BCUT2D eigenvalue weighted by molar-refractivity contribution is 5.79. The molecule has 0 amide bonds. The van der Waals surface area contributed by atoms with Gasteiger partial charge in [-0.15, -0.1) is 0 Å². The van der Waals surface area contributed by atoms with E-state index in [-0.39, 0.29) is 6.42 Å². The van der Waals surface area contributed by atoms with E-state index in [2.05, 4.69) is 16.7 Å². The van der Waals surface area contributed by atoms with Crippen LogP contribution in [0.15, 0.2) is 0 Å². The Labute approximate surface area is 119 Å². The van der Waals surface area contributed by atoms with Crippen LogP contribution >= 0.6 is 0 Å². The molecule has 0 fully saturated rings. The molecule has 6 heteroatoms. The summed E-state index contributed by atoms with van der Waals surface area (Å²) in [5.41, 5.74) is 0. The lowest BCUT2D eigenvalue weighted by atomic mass is 9.97. The number of rotatable bonds is 12. The smallest absolute Gasteiger partial charge is 0.301 e. The monoisotopic (exact) mass is 290 g/mol. The molecule has 20 heavy (non-hydrogen) atoms. The maximum absolute atomic E-state index is 11.2. The zero-order chi connectivity index (χ0) is 15.2. The average Bonchev–Trinajstić information content (AvgIpc) is 2.47. The van der Waals surface area contributed by atoms with Crippen molar-refractivity contribution in [3.63, 3.8) is 0 Å². The van der Waals surface area contributed by atoms with Gasteiger partial charge in [0.05, 0.1) is 12.3 Å². The molecule has 0 aromatic rings. The molecule has 0 aliphatic rings. The number of carbonyl (C=O) groups is 2. The lowest BCUT2D eigenvalue weighted by molar-refractivity contribution is -0.245. The molecule has 0 aromatic heterocycles. The number of unbranched alkanes of at least 4 members (excludes halogenated alkanes) is 7. The molecule has 0 rings (SSSR count). The third kappa shape index (κ3) is 9.75. The second-order valence-corrected chi connectivity index (χ2v) is 5.04. The van der Waals surface area contributed by atoms with E-state index in [1.54, 1.807) is 0 Å². The van der Waals surface area contributed by atoms with E-state index in [1.807, 2.05) is 0 Å². The molecule has 6 nitrogen and oxygen atoms in total. The molecule has 0 bridgehead atoms. The number of carbonyl (C=O) groups excluding carboxylic acids is 2. The van der Waals surface area contributed by atoms with E-state index in [0.29, 0.717) is 6.42 Å². The third-order valence-corrected chi connectivity index (χ3v) is 3.34. The van der Waals surface area contributed by atoms with Crippen molar-refractivity contribution in [2.75, 3.05) is 0 Å². The number of hydrogen-bond donors (Lipinski definition) is 2. The molecule has 1 atom stereocenters. The molecule has 0 spiro atoms. The Morgan fingerprint density at radius 2 is 1.45 bits per heavy atom. The summed E-state index contributed by atoms with van der Waals surface area (Å²) in [4.78, 5) is 29.3. The predicted octanol–water partition coefficient (Wildman–Crippen LogP) is 3.56. The molecule has 0 aliphatic carbocycles. The van der Waals surface area contributed by atoms with Crippen LogP contribution in [0.3, 0.4) is 0 Å². The Hall–Kier alpha value is -1.14. The van der Waals surface area contributed by atoms with Gasteiger partial charge in [-0.3, -0.25) is 0 Å². The minimum absolute atomic E-state index is 0.285. The van der Waals surface area contributed by atoms with Crippen LogP contribution in [0.25, 0.3) is 0 Å². The summed E-state index contributed by atoms with van der Waals surface area (Å²) < 4.78 is 0. The van der Waals surface area contributed by atoms with E-state index in [9.17, 15) is 9.59 Å². The lowest BCUT2D eigenvalue weighted by Crippen LogP contribution is -2.20. The normalized spacial score (nSPS) is 11.9. The summed E-state index contributed by atoms with van der Waals surface area (Å²) in [5.74, 6) is -2.53. The molecular formula is C14H26O6. The fourth-order valence-electron chi connectivity index (χ4n) is 2.14. The standard InChI is InChI=1S/C14H26O6/c1-2-3-4-5-6-7-8-9-10-12(14(16)20-18)11-13(15)19-17/h12,17-18H,2-11H2,1H3. The van der Waals surface area contributed by atoms with Crippen LogP contribution in [0.4, 0.5) is 0 Å². The maximum atomic E-state index is 11.2. The molecule has 0 saturated heterocycles. The second-order valence-electron chi connectivity index (χ2n) is 5.04. The van der Waals surface area contributed by atoms with Crippen LogP contribution in [0.2, 0.25) is 0 Å². The van der Waals surface area contributed by atoms with Gasteiger partial charge >= 0.3 is 11.9 Å². The minimum atomic E-state index is -0.903.